The van der Waals surface area contributed by atoms with Gasteiger partial charge in [-0.3, -0.25) is 0 Å². The van der Waals surface area contributed by atoms with Gasteiger partial charge >= 0.3 is 0 Å². The fourth-order valence-electron chi connectivity index (χ4n) is 3.20. The second-order valence-corrected chi connectivity index (χ2v) is 7.49. The van der Waals surface area contributed by atoms with Crippen LogP contribution in [0.15, 0.2) is 59.6 Å². The molecule has 1 atom stereocenters. The van der Waals surface area contributed by atoms with Crippen LogP contribution in [0, 0.1) is 6.92 Å². The van der Waals surface area contributed by atoms with Gasteiger partial charge in [0.15, 0.2) is 5.82 Å². The molecule has 0 radical (unpaired) electrons. The number of benzene rings is 2. The highest BCUT2D eigenvalue weighted by atomic mass is 32.2. The zero-order valence-corrected chi connectivity index (χ0v) is 15.0. The van der Waals surface area contributed by atoms with Crippen molar-refractivity contribution in [1.82, 2.24) is 9.78 Å². The Morgan fingerprint density at radius 1 is 1.08 bits per heavy atom. The second-order valence-electron chi connectivity index (χ2n) is 6.19. The molecule has 0 amide bonds. The molecule has 4 rings (SSSR count). The van der Waals surface area contributed by atoms with E-state index in [1.165, 1.54) is 5.56 Å². The van der Waals surface area contributed by atoms with Gasteiger partial charge in [0.05, 0.1) is 22.5 Å². The van der Waals surface area contributed by atoms with Gasteiger partial charge in [0.1, 0.15) is 5.75 Å². The number of phenolic OH excluding ortho intramolecular Hbond substituents is 1. The van der Waals surface area contributed by atoms with Crippen LogP contribution in [0.3, 0.4) is 0 Å². The second kappa shape index (κ2) is 6.41. The summed E-state index contributed by atoms with van der Waals surface area (Å²) in [7, 11) is 0. The molecule has 2 heterocycles. The number of phenols is 1. The molecule has 1 aromatic heterocycles. The van der Waals surface area contributed by atoms with Crippen LogP contribution in [0.5, 0.6) is 5.75 Å². The van der Waals surface area contributed by atoms with Crippen molar-refractivity contribution in [3.63, 3.8) is 0 Å². The molecule has 0 bridgehead atoms. The van der Waals surface area contributed by atoms with Gasteiger partial charge in [0.25, 0.3) is 0 Å². The zero-order chi connectivity index (χ0) is 17.4. The number of aliphatic imine (C=N–C) groups is 1. The number of hydrogen-bond acceptors (Lipinski definition) is 4. The van der Waals surface area contributed by atoms with Crippen molar-refractivity contribution in [2.24, 2.45) is 4.99 Å². The average Bonchev–Trinajstić information content (AvgIpc) is 2.91. The Bertz CT molecular complexity index is 947. The SMILES string of the molecule is CC1=Nc2c(c(C)nn2Cc2ccccc2)C(c2cccc(O)c2)S1. The van der Waals surface area contributed by atoms with Crippen molar-refractivity contribution in [2.45, 2.75) is 25.6 Å². The minimum Gasteiger partial charge on any atom is -0.508 e. The number of rotatable bonds is 3. The minimum atomic E-state index is 0.101. The first-order valence-electron chi connectivity index (χ1n) is 8.24. The molecule has 5 heteroatoms. The van der Waals surface area contributed by atoms with E-state index in [9.17, 15) is 5.11 Å². The molecule has 126 valence electrons. The van der Waals surface area contributed by atoms with E-state index in [2.05, 4.69) is 12.1 Å². The summed E-state index contributed by atoms with van der Waals surface area (Å²) in [4.78, 5) is 4.78. The van der Waals surface area contributed by atoms with Crippen LogP contribution < -0.4 is 0 Å². The Balaban J connectivity index is 1.79. The van der Waals surface area contributed by atoms with E-state index in [4.69, 9.17) is 10.1 Å². The third-order valence-electron chi connectivity index (χ3n) is 4.31. The molecule has 2 aromatic carbocycles. The highest BCUT2D eigenvalue weighted by Crippen LogP contribution is 2.47. The van der Waals surface area contributed by atoms with Crippen molar-refractivity contribution in [1.29, 1.82) is 0 Å². The predicted octanol–water partition coefficient (Wildman–Crippen LogP) is 4.83. The summed E-state index contributed by atoms with van der Waals surface area (Å²) in [6.45, 7) is 4.76. The number of nitrogens with zero attached hydrogens (tertiary/aromatic N) is 3. The standard InChI is InChI=1S/C20H19N3OS/c1-13-18-19(16-9-6-10-17(24)11-16)25-14(2)21-20(18)23(22-13)12-15-7-4-3-5-8-15/h3-11,19,24H,12H2,1-2H3. The maximum atomic E-state index is 9.87. The Morgan fingerprint density at radius 2 is 1.88 bits per heavy atom. The Morgan fingerprint density at radius 3 is 2.64 bits per heavy atom. The van der Waals surface area contributed by atoms with Gasteiger partial charge in [-0.2, -0.15) is 5.10 Å². The Hall–Kier alpha value is -2.53. The molecule has 1 aliphatic rings. The number of fused-ring (bicyclic) bond motifs is 1. The van der Waals surface area contributed by atoms with Crippen LogP contribution >= 0.6 is 11.8 Å². The van der Waals surface area contributed by atoms with Crippen LogP contribution in [0.4, 0.5) is 5.82 Å². The lowest BCUT2D eigenvalue weighted by Gasteiger charge is -2.22. The first kappa shape index (κ1) is 16.0. The highest BCUT2D eigenvalue weighted by molar-refractivity contribution is 8.14. The molecule has 1 unspecified atom stereocenters. The summed E-state index contributed by atoms with van der Waals surface area (Å²) >= 11 is 1.71. The summed E-state index contributed by atoms with van der Waals surface area (Å²) in [6, 6.07) is 17.8. The molecule has 0 aliphatic carbocycles. The summed E-state index contributed by atoms with van der Waals surface area (Å²) in [5.41, 5.74) is 4.40. The summed E-state index contributed by atoms with van der Waals surface area (Å²) in [5, 5.41) is 15.7. The molecule has 0 saturated carbocycles. The fourth-order valence-corrected chi connectivity index (χ4v) is 4.36. The molecule has 4 nitrogen and oxygen atoms in total. The number of aromatic nitrogens is 2. The predicted molar refractivity (Wildman–Crippen MR) is 103 cm³/mol. The molecule has 0 fully saturated rings. The van der Waals surface area contributed by atoms with E-state index < -0.39 is 0 Å². The maximum Gasteiger partial charge on any atom is 0.156 e. The van der Waals surface area contributed by atoms with Crippen LogP contribution in [0.1, 0.15) is 34.6 Å². The van der Waals surface area contributed by atoms with E-state index in [-0.39, 0.29) is 11.0 Å². The van der Waals surface area contributed by atoms with Gasteiger partial charge in [-0.1, -0.05) is 54.2 Å². The maximum absolute atomic E-state index is 9.87. The van der Waals surface area contributed by atoms with Gasteiger partial charge in [-0.05, 0) is 37.1 Å². The quantitative estimate of drug-likeness (QED) is 0.737. The molecule has 0 saturated heterocycles. The van der Waals surface area contributed by atoms with Crippen LogP contribution in [-0.2, 0) is 6.54 Å². The van der Waals surface area contributed by atoms with Crippen LogP contribution in [-0.4, -0.2) is 19.9 Å². The number of aryl methyl sites for hydroxylation is 1. The van der Waals surface area contributed by atoms with E-state index in [1.54, 1.807) is 17.8 Å². The number of aromatic hydroxyl groups is 1. The topological polar surface area (TPSA) is 50.4 Å². The van der Waals surface area contributed by atoms with E-state index in [0.29, 0.717) is 6.54 Å². The molecule has 25 heavy (non-hydrogen) atoms. The van der Waals surface area contributed by atoms with Gasteiger partial charge < -0.3 is 5.11 Å². The Kier molecular flexibility index (Phi) is 4.09. The van der Waals surface area contributed by atoms with E-state index in [0.717, 1.165) is 27.7 Å². The lowest BCUT2D eigenvalue weighted by atomic mass is 10.0. The highest BCUT2D eigenvalue weighted by Gasteiger charge is 2.29. The normalized spacial score (nSPS) is 16.4. The van der Waals surface area contributed by atoms with Crippen molar-refractivity contribution in [3.05, 3.63) is 77.0 Å². The molecule has 1 N–H and O–H groups in total. The summed E-state index contributed by atoms with van der Waals surface area (Å²) in [5.74, 6) is 1.21. The van der Waals surface area contributed by atoms with Crippen molar-refractivity contribution in [3.8, 4) is 5.75 Å². The third-order valence-corrected chi connectivity index (χ3v) is 5.48. The lowest BCUT2D eigenvalue weighted by molar-refractivity contribution is 0.474. The van der Waals surface area contributed by atoms with Crippen molar-refractivity contribution in [2.75, 3.05) is 0 Å². The van der Waals surface area contributed by atoms with E-state index in [1.807, 2.05) is 54.9 Å². The largest absolute Gasteiger partial charge is 0.508 e. The molecule has 1 aliphatic heterocycles. The number of thioether (sulfide) groups is 1. The van der Waals surface area contributed by atoms with E-state index >= 15 is 0 Å². The van der Waals surface area contributed by atoms with Crippen LogP contribution in [0.25, 0.3) is 0 Å². The molecular weight excluding hydrogens is 330 g/mol. The van der Waals surface area contributed by atoms with Gasteiger partial charge in [-0.25, -0.2) is 9.67 Å². The minimum absolute atomic E-state index is 0.101. The summed E-state index contributed by atoms with van der Waals surface area (Å²) < 4.78 is 1.99. The number of hydrogen-bond donors (Lipinski definition) is 1. The van der Waals surface area contributed by atoms with Gasteiger partial charge in [-0.15, -0.1) is 0 Å². The third kappa shape index (κ3) is 3.07. The Labute approximate surface area is 151 Å². The molecule has 0 spiro atoms. The van der Waals surface area contributed by atoms with Gasteiger partial charge in [0.2, 0.25) is 0 Å². The molecular formula is C20H19N3OS. The smallest absolute Gasteiger partial charge is 0.156 e. The molecule has 3 aromatic rings. The van der Waals surface area contributed by atoms with Crippen molar-refractivity contribution < 1.29 is 5.11 Å². The lowest BCUT2D eigenvalue weighted by Crippen LogP contribution is -2.07. The first-order chi connectivity index (χ1) is 12.1. The first-order valence-corrected chi connectivity index (χ1v) is 9.12. The van der Waals surface area contributed by atoms with Gasteiger partial charge in [0, 0.05) is 5.56 Å². The van der Waals surface area contributed by atoms with Crippen molar-refractivity contribution >= 4 is 22.6 Å². The monoisotopic (exact) mass is 349 g/mol. The fraction of sp³-hybridized carbons (Fsp3) is 0.200. The summed E-state index contributed by atoms with van der Waals surface area (Å²) in [6.07, 6.45) is 0. The average molecular weight is 349 g/mol. The zero-order valence-electron chi connectivity index (χ0n) is 14.2. The van der Waals surface area contributed by atoms with Crippen LogP contribution in [0.2, 0.25) is 0 Å².